The Labute approximate surface area is 108 Å². The van der Waals surface area contributed by atoms with Crippen LogP contribution in [0, 0.1) is 11.6 Å². The average molecular weight is 272 g/mol. The first kappa shape index (κ1) is 13.0. The molecule has 0 saturated carbocycles. The number of benzene rings is 1. The van der Waals surface area contributed by atoms with E-state index in [1.807, 2.05) is 11.5 Å². The molecule has 0 unspecified atom stereocenters. The van der Waals surface area contributed by atoms with Gasteiger partial charge in [-0.2, -0.15) is 0 Å². The summed E-state index contributed by atoms with van der Waals surface area (Å²) >= 11 is 5.74. The van der Waals surface area contributed by atoms with Crippen LogP contribution in [-0.2, 0) is 18.8 Å². The van der Waals surface area contributed by atoms with Crippen molar-refractivity contribution in [1.29, 1.82) is 0 Å². The van der Waals surface area contributed by atoms with Crippen molar-refractivity contribution in [2.75, 3.05) is 0 Å². The van der Waals surface area contributed by atoms with E-state index >= 15 is 0 Å². The first-order valence-electron chi connectivity index (χ1n) is 5.56. The van der Waals surface area contributed by atoms with Crippen molar-refractivity contribution in [2.45, 2.75) is 25.8 Å². The molecule has 96 valence electrons. The van der Waals surface area contributed by atoms with Gasteiger partial charge in [0.15, 0.2) is 11.6 Å². The largest absolute Gasteiger partial charge is 0.314 e. The van der Waals surface area contributed by atoms with Crippen molar-refractivity contribution >= 4 is 11.6 Å². The van der Waals surface area contributed by atoms with E-state index < -0.39 is 11.6 Å². The third kappa shape index (κ3) is 2.51. The monoisotopic (exact) mass is 271 g/mol. The molecule has 0 aliphatic rings. The van der Waals surface area contributed by atoms with Crippen molar-refractivity contribution in [1.82, 2.24) is 14.8 Å². The van der Waals surface area contributed by atoms with Crippen LogP contribution in [0.3, 0.4) is 0 Å². The summed E-state index contributed by atoms with van der Waals surface area (Å²) in [5, 5.41) is 7.97. The molecule has 18 heavy (non-hydrogen) atoms. The van der Waals surface area contributed by atoms with Gasteiger partial charge >= 0.3 is 0 Å². The van der Waals surface area contributed by atoms with Crippen LogP contribution in [0.2, 0.25) is 0 Å². The summed E-state index contributed by atoms with van der Waals surface area (Å²) in [6.07, 6.45) is 0.398. The van der Waals surface area contributed by atoms with Crippen molar-refractivity contribution in [3.05, 3.63) is 47.0 Å². The van der Waals surface area contributed by atoms with Gasteiger partial charge in [0.2, 0.25) is 0 Å². The van der Waals surface area contributed by atoms with Crippen molar-refractivity contribution in [3.8, 4) is 0 Å². The van der Waals surface area contributed by atoms with Gasteiger partial charge in [0.1, 0.15) is 11.6 Å². The van der Waals surface area contributed by atoms with Gasteiger partial charge in [-0.05, 0) is 24.6 Å². The van der Waals surface area contributed by atoms with Gasteiger partial charge in [-0.25, -0.2) is 8.78 Å². The lowest BCUT2D eigenvalue weighted by Crippen LogP contribution is -2.06. The second kappa shape index (κ2) is 5.44. The van der Waals surface area contributed by atoms with E-state index in [2.05, 4.69) is 10.2 Å². The van der Waals surface area contributed by atoms with Gasteiger partial charge in [-0.3, -0.25) is 0 Å². The highest BCUT2D eigenvalue weighted by atomic mass is 35.5. The maximum absolute atomic E-state index is 13.1. The molecule has 0 aliphatic carbocycles. The van der Waals surface area contributed by atoms with Gasteiger partial charge in [0.25, 0.3) is 0 Å². The van der Waals surface area contributed by atoms with E-state index in [1.54, 1.807) is 0 Å². The van der Waals surface area contributed by atoms with Crippen LogP contribution in [0.4, 0.5) is 8.78 Å². The minimum absolute atomic E-state index is 0.276. The molecule has 2 rings (SSSR count). The zero-order valence-corrected chi connectivity index (χ0v) is 10.6. The number of halogens is 3. The third-order valence-corrected chi connectivity index (χ3v) is 2.93. The minimum atomic E-state index is -0.854. The lowest BCUT2D eigenvalue weighted by molar-refractivity contribution is 0.507. The molecular formula is C12H12ClF2N3. The Kier molecular flexibility index (Phi) is 3.91. The minimum Gasteiger partial charge on any atom is -0.314 e. The number of nitrogens with zero attached hydrogens (tertiary/aromatic N) is 3. The Morgan fingerprint density at radius 3 is 2.50 bits per heavy atom. The standard InChI is InChI=1S/C12H12ClF2N3/c1-2-18-11(16-17-12(18)7-13)6-8-3-4-9(14)10(15)5-8/h3-5H,2,6-7H2,1H3. The van der Waals surface area contributed by atoms with Gasteiger partial charge in [-0.15, -0.1) is 21.8 Å². The van der Waals surface area contributed by atoms with Crippen molar-refractivity contribution in [2.24, 2.45) is 0 Å². The first-order chi connectivity index (χ1) is 8.65. The predicted octanol–water partition coefficient (Wildman–Crippen LogP) is 2.91. The summed E-state index contributed by atoms with van der Waals surface area (Å²) in [6, 6.07) is 3.82. The summed E-state index contributed by atoms with van der Waals surface area (Å²) in [4.78, 5) is 0. The van der Waals surface area contributed by atoms with E-state index in [9.17, 15) is 8.78 Å². The molecule has 1 aromatic heterocycles. The smallest absolute Gasteiger partial charge is 0.159 e. The highest BCUT2D eigenvalue weighted by molar-refractivity contribution is 6.16. The van der Waals surface area contributed by atoms with E-state index in [4.69, 9.17) is 11.6 Å². The van der Waals surface area contributed by atoms with E-state index in [1.165, 1.54) is 12.1 Å². The molecule has 0 spiro atoms. The van der Waals surface area contributed by atoms with Crippen LogP contribution in [0.25, 0.3) is 0 Å². The maximum atomic E-state index is 13.1. The van der Waals surface area contributed by atoms with E-state index in [0.29, 0.717) is 30.2 Å². The van der Waals surface area contributed by atoms with E-state index in [-0.39, 0.29) is 5.88 Å². The molecule has 6 heteroatoms. The van der Waals surface area contributed by atoms with Gasteiger partial charge in [-0.1, -0.05) is 6.07 Å². The van der Waals surface area contributed by atoms with Crippen molar-refractivity contribution in [3.63, 3.8) is 0 Å². The Morgan fingerprint density at radius 2 is 1.89 bits per heavy atom. The number of alkyl halides is 1. The maximum Gasteiger partial charge on any atom is 0.159 e. The van der Waals surface area contributed by atoms with Gasteiger partial charge in [0, 0.05) is 13.0 Å². The van der Waals surface area contributed by atoms with Crippen LogP contribution in [0.5, 0.6) is 0 Å². The number of hydrogen-bond donors (Lipinski definition) is 0. The highest BCUT2D eigenvalue weighted by Gasteiger charge is 2.11. The molecular weight excluding hydrogens is 260 g/mol. The molecule has 0 radical (unpaired) electrons. The third-order valence-electron chi connectivity index (χ3n) is 2.69. The Bertz CT molecular complexity index is 554. The summed E-state index contributed by atoms with van der Waals surface area (Å²) in [5.74, 6) is -0.0563. The van der Waals surface area contributed by atoms with Gasteiger partial charge < -0.3 is 4.57 Å². The molecule has 0 amide bonds. The molecule has 0 saturated heterocycles. The Morgan fingerprint density at radius 1 is 1.17 bits per heavy atom. The molecule has 2 aromatic rings. The van der Waals surface area contributed by atoms with E-state index in [0.717, 1.165) is 6.07 Å². The Hall–Kier alpha value is -1.49. The number of hydrogen-bond acceptors (Lipinski definition) is 2. The fourth-order valence-corrected chi connectivity index (χ4v) is 2.00. The van der Waals surface area contributed by atoms with Crippen LogP contribution < -0.4 is 0 Å². The summed E-state index contributed by atoms with van der Waals surface area (Å²) in [7, 11) is 0. The fraction of sp³-hybridized carbons (Fsp3) is 0.333. The summed E-state index contributed by atoms with van der Waals surface area (Å²) < 4.78 is 27.8. The van der Waals surface area contributed by atoms with Gasteiger partial charge in [0.05, 0.1) is 5.88 Å². The lowest BCUT2D eigenvalue weighted by Gasteiger charge is -2.06. The van der Waals surface area contributed by atoms with Crippen LogP contribution in [0.1, 0.15) is 24.1 Å². The second-order valence-corrected chi connectivity index (χ2v) is 4.10. The number of rotatable bonds is 4. The molecule has 0 atom stereocenters. The van der Waals surface area contributed by atoms with Crippen LogP contribution in [0.15, 0.2) is 18.2 Å². The molecule has 3 nitrogen and oxygen atoms in total. The molecule has 1 heterocycles. The second-order valence-electron chi connectivity index (χ2n) is 3.84. The SMILES string of the molecule is CCn1c(CCl)nnc1Cc1ccc(F)c(F)c1. The molecule has 0 aliphatic heterocycles. The molecule has 0 fully saturated rings. The molecule has 0 N–H and O–H groups in total. The predicted molar refractivity (Wildman–Crippen MR) is 64.4 cm³/mol. The lowest BCUT2D eigenvalue weighted by atomic mass is 10.1. The fourth-order valence-electron chi connectivity index (χ4n) is 1.80. The zero-order valence-electron chi connectivity index (χ0n) is 9.83. The van der Waals surface area contributed by atoms with Crippen LogP contribution in [-0.4, -0.2) is 14.8 Å². The summed E-state index contributed by atoms with van der Waals surface area (Å²) in [6.45, 7) is 2.64. The molecule has 1 aromatic carbocycles. The summed E-state index contributed by atoms with van der Waals surface area (Å²) in [5.41, 5.74) is 0.650. The zero-order chi connectivity index (χ0) is 13.1. The highest BCUT2D eigenvalue weighted by Crippen LogP contribution is 2.14. The topological polar surface area (TPSA) is 30.7 Å². The Balaban J connectivity index is 2.28. The first-order valence-corrected chi connectivity index (χ1v) is 6.10. The number of aromatic nitrogens is 3. The quantitative estimate of drug-likeness (QED) is 0.801. The van der Waals surface area contributed by atoms with Crippen LogP contribution >= 0.6 is 11.6 Å². The average Bonchev–Trinajstić information content (AvgIpc) is 2.75. The van der Waals surface area contributed by atoms with Crippen molar-refractivity contribution < 1.29 is 8.78 Å². The molecule has 0 bridgehead atoms. The normalized spacial score (nSPS) is 10.9.